The Hall–Kier alpha value is -1.26. The molecule has 15 heavy (non-hydrogen) atoms. The van der Waals surface area contributed by atoms with Crippen LogP contribution in [0.4, 0.5) is 5.69 Å². The van der Waals surface area contributed by atoms with Gasteiger partial charge in [0.05, 0.1) is 18.9 Å². The molecule has 1 aliphatic heterocycles. The van der Waals surface area contributed by atoms with Crippen LogP contribution in [0.15, 0.2) is 24.3 Å². The molecule has 0 saturated carbocycles. The Balaban J connectivity index is 1.95. The van der Waals surface area contributed by atoms with E-state index in [4.69, 9.17) is 19.9 Å². The Bertz CT molecular complexity index is 334. The monoisotopic (exact) mass is 209 g/mol. The number of rotatable bonds is 3. The van der Waals surface area contributed by atoms with Gasteiger partial charge in [-0.2, -0.15) is 0 Å². The lowest BCUT2D eigenvalue weighted by Gasteiger charge is -2.22. The predicted octanol–water partition coefficient (Wildman–Crippen LogP) is 1.41. The van der Waals surface area contributed by atoms with E-state index in [0.29, 0.717) is 31.3 Å². The van der Waals surface area contributed by atoms with Crippen molar-refractivity contribution in [3.8, 4) is 5.75 Å². The highest BCUT2D eigenvalue weighted by atomic mass is 16.7. The van der Waals surface area contributed by atoms with Crippen molar-refractivity contribution in [1.82, 2.24) is 0 Å². The normalized spacial score (nSPS) is 19.0. The van der Waals surface area contributed by atoms with Gasteiger partial charge in [-0.3, -0.25) is 0 Å². The lowest BCUT2D eigenvalue weighted by Crippen LogP contribution is -2.33. The number of hydrogen-bond donors (Lipinski definition) is 1. The molecule has 0 bridgehead atoms. The minimum Gasteiger partial charge on any atom is -0.486 e. The standard InChI is InChI=1S/C11H15NO3/c1-11(14-6-7-15-11)8-13-10-5-3-2-4-9(10)12/h2-5H,6-8,12H2,1H3. The summed E-state index contributed by atoms with van der Waals surface area (Å²) in [6, 6.07) is 7.37. The third kappa shape index (κ3) is 2.40. The summed E-state index contributed by atoms with van der Waals surface area (Å²) in [5, 5.41) is 0. The van der Waals surface area contributed by atoms with Crippen molar-refractivity contribution in [2.75, 3.05) is 25.6 Å². The molecule has 0 unspecified atom stereocenters. The van der Waals surface area contributed by atoms with Crippen molar-refractivity contribution in [2.24, 2.45) is 0 Å². The molecule has 2 rings (SSSR count). The van der Waals surface area contributed by atoms with Crippen LogP contribution in [-0.4, -0.2) is 25.6 Å². The van der Waals surface area contributed by atoms with Crippen LogP contribution in [0, 0.1) is 0 Å². The van der Waals surface area contributed by atoms with Crippen LogP contribution < -0.4 is 10.5 Å². The van der Waals surface area contributed by atoms with Crippen molar-refractivity contribution >= 4 is 5.69 Å². The third-order valence-electron chi connectivity index (χ3n) is 2.31. The summed E-state index contributed by atoms with van der Waals surface area (Å²) in [5.74, 6) is 0.0280. The van der Waals surface area contributed by atoms with Crippen LogP contribution in [0.25, 0.3) is 0 Å². The molecular weight excluding hydrogens is 194 g/mol. The number of para-hydroxylation sites is 2. The largest absolute Gasteiger partial charge is 0.486 e. The highest BCUT2D eigenvalue weighted by Gasteiger charge is 2.31. The zero-order valence-corrected chi connectivity index (χ0v) is 8.73. The van der Waals surface area contributed by atoms with Gasteiger partial charge in [-0.1, -0.05) is 12.1 Å². The maximum Gasteiger partial charge on any atom is 0.200 e. The van der Waals surface area contributed by atoms with E-state index in [1.807, 2.05) is 25.1 Å². The smallest absolute Gasteiger partial charge is 0.200 e. The van der Waals surface area contributed by atoms with Gasteiger partial charge >= 0.3 is 0 Å². The minimum atomic E-state index is -0.637. The van der Waals surface area contributed by atoms with Gasteiger partial charge in [-0.15, -0.1) is 0 Å². The molecule has 0 amide bonds. The highest BCUT2D eigenvalue weighted by molar-refractivity contribution is 5.51. The molecule has 1 aliphatic rings. The zero-order valence-electron chi connectivity index (χ0n) is 8.73. The maximum absolute atomic E-state index is 5.74. The molecular formula is C11H15NO3. The second-order valence-corrected chi connectivity index (χ2v) is 3.66. The number of nitrogens with two attached hydrogens (primary N) is 1. The zero-order chi connectivity index (χ0) is 10.7. The van der Waals surface area contributed by atoms with Gasteiger partial charge < -0.3 is 19.9 Å². The van der Waals surface area contributed by atoms with E-state index in [1.54, 1.807) is 6.07 Å². The average molecular weight is 209 g/mol. The predicted molar refractivity (Wildman–Crippen MR) is 56.7 cm³/mol. The summed E-state index contributed by atoms with van der Waals surface area (Å²) in [6.45, 7) is 3.44. The quantitative estimate of drug-likeness (QED) is 0.765. The minimum absolute atomic E-state index is 0.348. The summed E-state index contributed by atoms with van der Waals surface area (Å²) >= 11 is 0. The average Bonchev–Trinajstić information content (AvgIpc) is 2.65. The molecule has 1 heterocycles. The first-order valence-corrected chi connectivity index (χ1v) is 4.95. The molecule has 0 radical (unpaired) electrons. The molecule has 0 aliphatic carbocycles. The van der Waals surface area contributed by atoms with Gasteiger partial charge in [-0.25, -0.2) is 0 Å². The Morgan fingerprint density at radius 1 is 1.33 bits per heavy atom. The van der Waals surface area contributed by atoms with Crippen LogP contribution in [0.1, 0.15) is 6.92 Å². The van der Waals surface area contributed by atoms with Gasteiger partial charge in [0.25, 0.3) is 0 Å². The molecule has 4 nitrogen and oxygen atoms in total. The molecule has 1 saturated heterocycles. The molecule has 0 spiro atoms. The second kappa shape index (κ2) is 4.08. The van der Waals surface area contributed by atoms with Gasteiger partial charge in [0.1, 0.15) is 12.4 Å². The Morgan fingerprint density at radius 3 is 2.67 bits per heavy atom. The van der Waals surface area contributed by atoms with Crippen LogP contribution in [0.5, 0.6) is 5.75 Å². The topological polar surface area (TPSA) is 53.7 Å². The Morgan fingerprint density at radius 2 is 2.00 bits per heavy atom. The van der Waals surface area contributed by atoms with Crippen molar-refractivity contribution in [1.29, 1.82) is 0 Å². The Kier molecular flexibility index (Phi) is 2.79. The molecule has 4 heteroatoms. The number of hydrogen-bond acceptors (Lipinski definition) is 4. The van der Waals surface area contributed by atoms with Crippen LogP contribution in [-0.2, 0) is 9.47 Å². The number of nitrogen functional groups attached to an aromatic ring is 1. The van der Waals surface area contributed by atoms with Gasteiger partial charge in [0.2, 0.25) is 0 Å². The summed E-state index contributed by atoms with van der Waals surface area (Å²) in [4.78, 5) is 0. The van der Waals surface area contributed by atoms with Crippen LogP contribution >= 0.6 is 0 Å². The van der Waals surface area contributed by atoms with Gasteiger partial charge in [-0.05, 0) is 19.1 Å². The highest BCUT2D eigenvalue weighted by Crippen LogP contribution is 2.24. The Labute approximate surface area is 88.9 Å². The van der Waals surface area contributed by atoms with E-state index in [1.165, 1.54) is 0 Å². The van der Waals surface area contributed by atoms with E-state index in [-0.39, 0.29) is 0 Å². The summed E-state index contributed by atoms with van der Waals surface area (Å²) in [7, 11) is 0. The van der Waals surface area contributed by atoms with Gasteiger partial charge in [0, 0.05) is 0 Å². The van der Waals surface area contributed by atoms with Crippen molar-refractivity contribution < 1.29 is 14.2 Å². The summed E-state index contributed by atoms with van der Waals surface area (Å²) in [6.07, 6.45) is 0. The van der Waals surface area contributed by atoms with E-state index in [2.05, 4.69) is 0 Å². The molecule has 1 aromatic carbocycles. The summed E-state index contributed by atoms with van der Waals surface area (Å²) in [5.41, 5.74) is 6.37. The second-order valence-electron chi connectivity index (χ2n) is 3.66. The van der Waals surface area contributed by atoms with Crippen molar-refractivity contribution in [2.45, 2.75) is 12.7 Å². The molecule has 2 N–H and O–H groups in total. The number of benzene rings is 1. The van der Waals surface area contributed by atoms with E-state index in [9.17, 15) is 0 Å². The molecule has 1 aromatic rings. The van der Waals surface area contributed by atoms with E-state index >= 15 is 0 Å². The van der Waals surface area contributed by atoms with Gasteiger partial charge in [0.15, 0.2) is 5.79 Å². The fourth-order valence-corrected chi connectivity index (χ4v) is 1.46. The molecule has 0 aromatic heterocycles. The molecule has 1 fully saturated rings. The first kappa shape index (κ1) is 10.3. The van der Waals surface area contributed by atoms with Crippen LogP contribution in [0.2, 0.25) is 0 Å². The SMILES string of the molecule is CC1(COc2ccccc2N)OCCO1. The van der Waals surface area contributed by atoms with Crippen molar-refractivity contribution in [3.63, 3.8) is 0 Å². The maximum atomic E-state index is 5.74. The summed E-state index contributed by atoms with van der Waals surface area (Å²) < 4.78 is 16.4. The first-order chi connectivity index (χ1) is 7.20. The number of ether oxygens (including phenoxy) is 3. The van der Waals surface area contributed by atoms with E-state index < -0.39 is 5.79 Å². The van der Waals surface area contributed by atoms with E-state index in [0.717, 1.165) is 0 Å². The fourth-order valence-electron chi connectivity index (χ4n) is 1.46. The lowest BCUT2D eigenvalue weighted by molar-refractivity contribution is -0.162. The molecule has 0 atom stereocenters. The molecule has 82 valence electrons. The lowest BCUT2D eigenvalue weighted by atomic mass is 10.3. The first-order valence-electron chi connectivity index (χ1n) is 4.95. The fraction of sp³-hybridized carbons (Fsp3) is 0.455. The number of anilines is 1. The van der Waals surface area contributed by atoms with Crippen LogP contribution in [0.3, 0.4) is 0 Å². The third-order valence-corrected chi connectivity index (χ3v) is 2.31. The van der Waals surface area contributed by atoms with Crippen molar-refractivity contribution in [3.05, 3.63) is 24.3 Å².